The van der Waals surface area contributed by atoms with Crippen LogP contribution >= 0.6 is 0 Å². The Kier molecular flexibility index (Phi) is 8.43. The molecule has 39 heavy (non-hydrogen) atoms. The maximum atomic E-state index is 16.1. The fourth-order valence-electron chi connectivity index (χ4n) is 5.35. The fraction of sp³-hybridized carbons (Fsp3) is 0.286. The quantitative estimate of drug-likeness (QED) is 0.221. The van der Waals surface area contributed by atoms with E-state index in [0.717, 1.165) is 0 Å². The van der Waals surface area contributed by atoms with E-state index in [1.807, 2.05) is 0 Å². The standard InChI is InChI=1S/2C9H8F4N.2C5H5.Ti/c2*1-14(2)4-5-8(12)6(10)3-7(11)9(5)13;2*1-2-4-5-3-1;/h2*4H2,1-2H3;2*1-3H,4H2;. The van der Waals surface area contributed by atoms with Crippen molar-refractivity contribution in [2.24, 2.45) is 0 Å². The van der Waals surface area contributed by atoms with Crippen molar-refractivity contribution in [3.63, 3.8) is 0 Å². The molecule has 208 valence electrons. The molecule has 2 nitrogen and oxygen atoms in total. The molecule has 0 radical (unpaired) electrons. The summed E-state index contributed by atoms with van der Waals surface area (Å²) in [6.45, 7) is -1.02. The third kappa shape index (κ3) is 4.75. The van der Waals surface area contributed by atoms with Gasteiger partial charge in [-0.25, -0.2) is 0 Å². The molecule has 0 aromatic heterocycles. The molecule has 0 saturated heterocycles. The Balaban J connectivity index is 2.23. The molecule has 0 fully saturated rings. The molecule has 0 unspecified atom stereocenters. The van der Waals surface area contributed by atoms with Crippen LogP contribution in [0.3, 0.4) is 0 Å². The topological polar surface area (TPSA) is 6.48 Å². The van der Waals surface area contributed by atoms with Gasteiger partial charge in [0.25, 0.3) is 0 Å². The van der Waals surface area contributed by atoms with Crippen molar-refractivity contribution in [3.05, 3.63) is 102 Å². The first-order valence-electron chi connectivity index (χ1n) is 12.1. The summed E-state index contributed by atoms with van der Waals surface area (Å²) in [7, 11) is 5.72. The number of allylic oxidation sites excluding steroid dienone is 8. The van der Waals surface area contributed by atoms with E-state index in [1.165, 1.54) is 74.4 Å². The van der Waals surface area contributed by atoms with Gasteiger partial charge in [0, 0.05) is 0 Å². The third-order valence-electron chi connectivity index (χ3n) is 6.91. The zero-order chi connectivity index (χ0) is 28.8. The Morgan fingerprint density at radius 2 is 0.846 bits per heavy atom. The van der Waals surface area contributed by atoms with Gasteiger partial charge < -0.3 is 0 Å². The first kappa shape index (κ1) is 29.5. The summed E-state index contributed by atoms with van der Waals surface area (Å²) < 4.78 is 124. The molecule has 11 heteroatoms. The molecule has 0 amide bonds. The van der Waals surface area contributed by atoms with Gasteiger partial charge in [-0.1, -0.05) is 0 Å². The monoisotopic (exact) mass is 590 g/mol. The van der Waals surface area contributed by atoms with Crippen LogP contribution in [0.1, 0.15) is 24.0 Å². The average Bonchev–Trinajstić information content (AvgIpc) is 3.61. The summed E-state index contributed by atoms with van der Waals surface area (Å²) in [6, 6.07) is 0. The van der Waals surface area contributed by atoms with E-state index in [0.29, 0.717) is 0 Å². The fourth-order valence-corrected chi connectivity index (χ4v) is 13.5. The molecule has 2 aliphatic carbocycles. The van der Waals surface area contributed by atoms with Gasteiger partial charge in [0.05, 0.1) is 0 Å². The number of benzene rings is 2. The number of nitrogens with zero attached hydrogens (tertiary/aromatic N) is 2. The van der Waals surface area contributed by atoms with E-state index in [1.54, 1.807) is 0 Å². The molecule has 0 N–H and O–H groups in total. The predicted octanol–water partition coefficient (Wildman–Crippen LogP) is 5.71. The van der Waals surface area contributed by atoms with Crippen molar-refractivity contribution in [1.29, 1.82) is 0 Å². The Morgan fingerprint density at radius 3 is 1.08 bits per heavy atom. The molecule has 0 bridgehead atoms. The maximum absolute atomic E-state index is 16.1. The van der Waals surface area contributed by atoms with Gasteiger partial charge in [0.15, 0.2) is 0 Å². The SMILES string of the molecule is CN(C)Cc1c(F)c(F)[c]([Ti]([C]2=CC=CC2)([C]2=CC=CC2)[c]2c(F)c(F)c(CN(C)C)c(F)c2F)c(F)c1F. The molecule has 2 aromatic carbocycles. The van der Waals surface area contributed by atoms with Crippen molar-refractivity contribution < 1.29 is 51.7 Å². The predicted molar refractivity (Wildman–Crippen MR) is 130 cm³/mol. The Bertz CT molecular complexity index is 1290. The summed E-state index contributed by atoms with van der Waals surface area (Å²) >= 11 is -5.79. The Morgan fingerprint density at radius 1 is 0.538 bits per heavy atom. The van der Waals surface area contributed by atoms with Crippen LogP contribution in [0.2, 0.25) is 0 Å². The first-order chi connectivity index (χ1) is 18.3. The molecule has 0 heterocycles. The van der Waals surface area contributed by atoms with Gasteiger partial charge in [0.2, 0.25) is 0 Å². The van der Waals surface area contributed by atoms with Crippen molar-refractivity contribution in [1.82, 2.24) is 9.80 Å². The second-order valence-corrected chi connectivity index (χ2v) is 16.0. The summed E-state index contributed by atoms with van der Waals surface area (Å²) in [4.78, 5) is 2.57. The van der Waals surface area contributed by atoms with Crippen molar-refractivity contribution >= 4 is 7.74 Å². The van der Waals surface area contributed by atoms with Crippen LogP contribution < -0.4 is 7.74 Å². The third-order valence-corrected chi connectivity index (χ3v) is 14.8. The van der Waals surface area contributed by atoms with Gasteiger partial charge in [-0.05, 0) is 0 Å². The van der Waals surface area contributed by atoms with Gasteiger partial charge in [-0.15, -0.1) is 0 Å². The molecule has 4 rings (SSSR count). The molecule has 0 spiro atoms. The van der Waals surface area contributed by atoms with Gasteiger partial charge >= 0.3 is 225 Å². The second kappa shape index (κ2) is 11.2. The van der Waals surface area contributed by atoms with Crippen LogP contribution in [-0.2, 0) is 29.7 Å². The van der Waals surface area contributed by atoms with Crippen molar-refractivity contribution in [3.8, 4) is 0 Å². The number of hydrogen-bond acceptors (Lipinski definition) is 2. The molecule has 0 aliphatic heterocycles. The van der Waals surface area contributed by atoms with E-state index in [2.05, 4.69) is 0 Å². The zero-order valence-electron chi connectivity index (χ0n) is 21.7. The van der Waals surface area contributed by atoms with E-state index in [4.69, 9.17) is 0 Å². The van der Waals surface area contributed by atoms with Crippen LogP contribution in [-0.4, -0.2) is 38.0 Å². The molecular formula is C28H26F8N2Ti. The van der Waals surface area contributed by atoms with Crippen LogP contribution in [0, 0.1) is 46.5 Å². The molecule has 0 atom stereocenters. The molecular weight excluding hydrogens is 564 g/mol. The average molecular weight is 590 g/mol. The van der Waals surface area contributed by atoms with E-state index >= 15 is 35.1 Å². The molecule has 0 saturated carbocycles. The minimum absolute atomic E-state index is 0.0684. The van der Waals surface area contributed by atoms with Gasteiger partial charge in [0.1, 0.15) is 0 Å². The van der Waals surface area contributed by atoms with Crippen LogP contribution in [0.25, 0.3) is 0 Å². The number of halogens is 8. The summed E-state index contributed by atoms with van der Waals surface area (Å²) in [6.07, 6.45) is 8.53. The summed E-state index contributed by atoms with van der Waals surface area (Å²) in [5.41, 5.74) is -1.82. The van der Waals surface area contributed by atoms with Crippen LogP contribution in [0.4, 0.5) is 35.1 Å². The van der Waals surface area contributed by atoms with Crippen molar-refractivity contribution in [2.75, 3.05) is 28.2 Å². The minimum atomic E-state index is -5.79. The number of hydrogen-bond donors (Lipinski definition) is 0. The summed E-state index contributed by atoms with van der Waals surface area (Å²) in [5, 5.41) is 0. The second-order valence-electron chi connectivity index (χ2n) is 10.1. The Hall–Kier alpha value is -2.53. The zero-order valence-corrected chi connectivity index (χ0v) is 23.3. The normalized spacial score (nSPS) is 15.2. The Labute approximate surface area is 225 Å². The van der Waals surface area contributed by atoms with Crippen LogP contribution in [0.5, 0.6) is 0 Å². The van der Waals surface area contributed by atoms with Gasteiger partial charge in [-0.3, -0.25) is 0 Å². The first-order valence-corrected chi connectivity index (χ1v) is 15.2. The van der Waals surface area contributed by atoms with E-state index < -0.39 is 95.1 Å². The van der Waals surface area contributed by atoms with Crippen molar-refractivity contribution in [2.45, 2.75) is 25.9 Å². The van der Waals surface area contributed by atoms with E-state index in [9.17, 15) is 0 Å². The molecule has 2 aliphatic rings. The molecule has 2 aromatic rings. The van der Waals surface area contributed by atoms with Gasteiger partial charge in [-0.2, -0.15) is 0 Å². The summed E-state index contributed by atoms with van der Waals surface area (Å²) in [5.74, 6) is -14.2. The van der Waals surface area contributed by atoms with Crippen LogP contribution in [0.15, 0.2) is 44.2 Å². The number of rotatable bonds is 8. The van der Waals surface area contributed by atoms with E-state index in [-0.39, 0.29) is 20.6 Å².